The molecule has 2 aromatic rings. The molecule has 0 radical (unpaired) electrons. The molecule has 2 heterocycles. The van der Waals surface area contributed by atoms with Crippen LogP contribution in [0.2, 0.25) is 0 Å². The molecule has 0 saturated carbocycles. The first kappa shape index (κ1) is 20.0. The molecule has 1 saturated heterocycles. The van der Waals surface area contributed by atoms with Crippen molar-refractivity contribution in [3.05, 3.63) is 42.4 Å². The highest BCUT2D eigenvalue weighted by molar-refractivity contribution is 5.85. The lowest BCUT2D eigenvalue weighted by molar-refractivity contribution is 0.122. The van der Waals surface area contributed by atoms with Crippen LogP contribution in [0.4, 0.5) is 0 Å². The first-order valence-corrected chi connectivity index (χ1v) is 7.81. The summed E-state index contributed by atoms with van der Waals surface area (Å²) < 4.78 is 5.91. The van der Waals surface area contributed by atoms with Gasteiger partial charge in [0.25, 0.3) is 0 Å². The van der Waals surface area contributed by atoms with Crippen LogP contribution in [0, 0.1) is 0 Å². The largest absolute Gasteiger partial charge is 0.439 e. The summed E-state index contributed by atoms with van der Waals surface area (Å²) in [6.07, 6.45) is 6.69. The lowest BCUT2D eigenvalue weighted by atomic mass is 9.99. The molecule has 2 N–H and O–H groups in total. The van der Waals surface area contributed by atoms with Crippen molar-refractivity contribution in [3.8, 4) is 11.3 Å². The van der Waals surface area contributed by atoms with E-state index in [9.17, 15) is 0 Å². The van der Waals surface area contributed by atoms with Crippen LogP contribution in [0.1, 0.15) is 31.6 Å². The standard InChI is InChI=1S/C17H23N3O.2ClH/c18-10-9-15-8-4-5-11-20(15)13-17-19-12-16(21-17)14-6-2-1-3-7-14;;/h1-3,6-7,12,15H,4-5,8-11,13,18H2;2*1H. The van der Waals surface area contributed by atoms with Gasteiger partial charge in [-0.1, -0.05) is 36.8 Å². The molecule has 1 aromatic heterocycles. The van der Waals surface area contributed by atoms with E-state index in [0.717, 1.165) is 43.3 Å². The number of oxazole rings is 1. The number of hydrogen-bond donors (Lipinski definition) is 1. The van der Waals surface area contributed by atoms with Crippen molar-refractivity contribution in [2.24, 2.45) is 5.73 Å². The van der Waals surface area contributed by atoms with E-state index in [2.05, 4.69) is 9.88 Å². The number of nitrogens with two attached hydrogens (primary N) is 1. The van der Waals surface area contributed by atoms with E-state index in [1.54, 1.807) is 0 Å². The average Bonchev–Trinajstić information content (AvgIpc) is 2.99. The second-order valence-corrected chi connectivity index (χ2v) is 5.68. The maximum absolute atomic E-state index is 5.91. The van der Waals surface area contributed by atoms with Crippen LogP contribution in [0.5, 0.6) is 0 Å². The van der Waals surface area contributed by atoms with E-state index in [1.807, 2.05) is 36.5 Å². The molecular weight excluding hydrogens is 333 g/mol. The number of aromatic nitrogens is 1. The molecule has 0 spiro atoms. The Hall–Kier alpha value is -1.07. The zero-order valence-electron chi connectivity index (χ0n) is 13.2. The molecule has 6 heteroatoms. The van der Waals surface area contributed by atoms with Crippen LogP contribution in [-0.4, -0.2) is 29.0 Å². The normalized spacial score (nSPS) is 18.0. The molecule has 4 nitrogen and oxygen atoms in total. The van der Waals surface area contributed by atoms with Gasteiger partial charge in [-0.15, -0.1) is 24.8 Å². The number of halogens is 2. The Labute approximate surface area is 150 Å². The molecular formula is C17H25Cl2N3O. The summed E-state index contributed by atoms with van der Waals surface area (Å²) >= 11 is 0. The van der Waals surface area contributed by atoms with Gasteiger partial charge >= 0.3 is 0 Å². The topological polar surface area (TPSA) is 55.3 Å². The number of piperidine rings is 1. The number of benzene rings is 1. The first-order chi connectivity index (χ1) is 10.4. The van der Waals surface area contributed by atoms with E-state index in [-0.39, 0.29) is 24.8 Å². The van der Waals surface area contributed by atoms with Crippen molar-refractivity contribution in [3.63, 3.8) is 0 Å². The molecule has 0 amide bonds. The fourth-order valence-electron chi connectivity index (χ4n) is 3.08. The summed E-state index contributed by atoms with van der Waals surface area (Å²) in [7, 11) is 0. The summed E-state index contributed by atoms with van der Waals surface area (Å²) in [6, 6.07) is 10.7. The zero-order valence-corrected chi connectivity index (χ0v) is 14.8. The van der Waals surface area contributed by atoms with Crippen molar-refractivity contribution >= 4 is 24.8 Å². The van der Waals surface area contributed by atoms with Gasteiger partial charge in [-0.25, -0.2) is 4.98 Å². The Balaban J connectivity index is 0.00000132. The highest BCUT2D eigenvalue weighted by atomic mass is 35.5. The van der Waals surface area contributed by atoms with Gasteiger partial charge in [-0.05, 0) is 32.4 Å². The molecule has 1 aliphatic rings. The minimum Gasteiger partial charge on any atom is -0.439 e. The molecule has 1 unspecified atom stereocenters. The van der Waals surface area contributed by atoms with E-state index < -0.39 is 0 Å². The average molecular weight is 358 g/mol. The Kier molecular flexibility index (Phi) is 8.63. The maximum atomic E-state index is 5.91. The van der Waals surface area contributed by atoms with Crippen LogP contribution in [0.15, 0.2) is 40.9 Å². The molecule has 128 valence electrons. The third-order valence-electron chi connectivity index (χ3n) is 4.20. The summed E-state index contributed by atoms with van der Waals surface area (Å²) in [6.45, 7) is 2.66. The smallest absolute Gasteiger partial charge is 0.209 e. The van der Waals surface area contributed by atoms with Gasteiger partial charge in [0.15, 0.2) is 5.76 Å². The van der Waals surface area contributed by atoms with Crippen LogP contribution < -0.4 is 5.73 Å². The van der Waals surface area contributed by atoms with Gasteiger partial charge in [0.05, 0.1) is 12.7 Å². The van der Waals surface area contributed by atoms with Crippen LogP contribution in [-0.2, 0) is 6.54 Å². The summed E-state index contributed by atoms with van der Waals surface area (Å²) in [5, 5.41) is 0. The number of hydrogen-bond acceptors (Lipinski definition) is 4. The fraction of sp³-hybridized carbons (Fsp3) is 0.471. The zero-order chi connectivity index (χ0) is 14.5. The molecule has 3 rings (SSSR count). The minimum atomic E-state index is 0. The monoisotopic (exact) mass is 357 g/mol. The highest BCUT2D eigenvalue weighted by Gasteiger charge is 2.23. The van der Waals surface area contributed by atoms with Crippen LogP contribution in [0.3, 0.4) is 0 Å². The van der Waals surface area contributed by atoms with Crippen molar-refractivity contribution < 1.29 is 4.42 Å². The van der Waals surface area contributed by atoms with Gasteiger partial charge in [-0.2, -0.15) is 0 Å². The van der Waals surface area contributed by atoms with E-state index in [1.165, 1.54) is 19.3 Å². The lowest BCUT2D eigenvalue weighted by Gasteiger charge is -2.34. The maximum Gasteiger partial charge on any atom is 0.209 e. The summed E-state index contributed by atoms with van der Waals surface area (Å²) in [4.78, 5) is 6.91. The Morgan fingerprint density at radius 3 is 2.70 bits per heavy atom. The van der Waals surface area contributed by atoms with Gasteiger partial charge in [0.1, 0.15) is 0 Å². The fourth-order valence-corrected chi connectivity index (χ4v) is 3.08. The molecule has 23 heavy (non-hydrogen) atoms. The van der Waals surface area contributed by atoms with Gasteiger partial charge in [0, 0.05) is 11.6 Å². The molecule has 0 aliphatic carbocycles. The SMILES string of the molecule is Cl.Cl.NCCC1CCCCN1Cc1ncc(-c2ccccc2)o1. The molecule has 1 aromatic carbocycles. The number of nitrogens with zero attached hydrogens (tertiary/aromatic N) is 2. The third kappa shape index (κ3) is 5.21. The van der Waals surface area contributed by atoms with E-state index in [4.69, 9.17) is 10.2 Å². The molecule has 1 aliphatic heterocycles. The van der Waals surface area contributed by atoms with Gasteiger partial charge in [0.2, 0.25) is 5.89 Å². The Bertz CT molecular complexity index is 560. The van der Waals surface area contributed by atoms with Crippen LogP contribution in [0.25, 0.3) is 11.3 Å². The predicted molar refractivity (Wildman–Crippen MR) is 98.2 cm³/mol. The van der Waals surface area contributed by atoms with E-state index in [0.29, 0.717) is 6.04 Å². The summed E-state index contributed by atoms with van der Waals surface area (Å²) in [5.41, 5.74) is 6.81. The first-order valence-electron chi connectivity index (χ1n) is 7.81. The van der Waals surface area contributed by atoms with Crippen LogP contribution >= 0.6 is 24.8 Å². The lowest BCUT2D eigenvalue weighted by Crippen LogP contribution is -2.40. The Morgan fingerprint density at radius 1 is 1.17 bits per heavy atom. The second kappa shape index (κ2) is 9.93. The quantitative estimate of drug-likeness (QED) is 0.881. The second-order valence-electron chi connectivity index (χ2n) is 5.68. The summed E-state index contributed by atoms with van der Waals surface area (Å²) in [5.74, 6) is 1.65. The predicted octanol–water partition coefficient (Wildman–Crippen LogP) is 3.89. The van der Waals surface area contributed by atoms with Crippen molar-refractivity contribution in [1.29, 1.82) is 0 Å². The van der Waals surface area contributed by atoms with Crippen molar-refractivity contribution in [2.75, 3.05) is 13.1 Å². The van der Waals surface area contributed by atoms with Crippen molar-refractivity contribution in [1.82, 2.24) is 9.88 Å². The molecule has 1 atom stereocenters. The Morgan fingerprint density at radius 2 is 1.96 bits per heavy atom. The minimum absolute atomic E-state index is 0. The van der Waals surface area contributed by atoms with Gasteiger partial charge < -0.3 is 10.2 Å². The van der Waals surface area contributed by atoms with Gasteiger partial charge in [-0.3, -0.25) is 4.90 Å². The number of rotatable bonds is 5. The third-order valence-corrected chi connectivity index (χ3v) is 4.20. The molecule has 1 fully saturated rings. The van der Waals surface area contributed by atoms with E-state index >= 15 is 0 Å². The molecule has 0 bridgehead atoms. The van der Waals surface area contributed by atoms with Crippen molar-refractivity contribution in [2.45, 2.75) is 38.3 Å². The number of likely N-dealkylation sites (tertiary alicyclic amines) is 1. The highest BCUT2D eigenvalue weighted by Crippen LogP contribution is 2.24.